The summed E-state index contributed by atoms with van der Waals surface area (Å²) in [5.41, 5.74) is 6.95. The molecule has 1 amide bonds. The molecule has 3 N–H and O–H groups in total. The van der Waals surface area contributed by atoms with E-state index in [1.165, 1.54) is 6.07 Å². The number of nitrogens with two attached hydrogens (primary N) is 1. The summed E-state index contributed by atoms with van der Waals surface area (Å²) in [6, 6.07) is 6.13. The molecule has 0 unspecified atom stereocenters. The average molecular weight is 342 g/mol. The quantitative estimate of drug-likeness (QED) is 0.700. The van der Waals surface area contributed by atoms with E-state index >= 15 is 0 Å². The molecule has 3 heterocycles. The largest absolute Gasteiger partial charge is 0.369 e. The lowest BCUT2D eigenvalue weighted by molar-refractivity contribution is -0.119. The highest BCUT2D eigenvalue weighted by Gasteiger charge is 2.24. The lowest BCUT2D eigenvalue weighted by Crippen LogP contribution is -2.39. The molecule has 0 spiro atoms. The third-order valence-electron chi connectivity index (χ3n) is 4.25. The zero-order valence-corrected chi connectivity index (χ0v) is 13.2. The predicted octanol–water partition coefficient (Wildman–Crippen LogP) is 0.0671. The molecule has 0 bridgehead atoms. The highest BCUT2D eigenvalue weighted by atomic mass is 19.1. The molecule has 0 saturated carbocycles. The third kappa shape index (κ3) is 2.68. The molecule has 0 atom stereocenters. The number of hydrogen-bond donors (Lipinski definition) is 2. The van der Waals surface area contributed by atoms with Crippen molar-refractivity contribution in [1.82, 2.24) is 24.5 Å². The normalized spacial score (nSPS) is 14.6. The van der Waals surface area contributed by atoms with Crippen molar-refractivity contribution >= 4 is 11.6 Å². The van der Waals surface area contributed by atoms with Crippen LogP contribution in [0.4, 0.5) is 4.39 Å². The molecular formula is C16H15FN6O2. The van der Waals surface area contributed by atoms with Crippen LogP contribution in [0.15, 0.2) is 29.1 Å². The third-order valence-corrected chi connectivity index (χ3v) is 4.25. The topological polar surface area (TPSA) is 109 Å². The van der Waals surface area contributed by atoms with Crippen molar-refractivity contribution in [3.63, 3.8) is 0 Å². The molecular weight excluding hydrogens is 327 g/mol. The van der Waals surface area contributed by atoms with Crippen molar-refractivity contribution in [1.29, 1.82) is 0 Å². The molecule has 128 valence electrons. The number of carbonyl (C=O) groups is 1. The average Bonchev–Trinajstić information content (AvgIpc) is 3.01. The number of carbonyl (C=O) groups excluding carboxylic acids is 1. The summed E-state index contributed by atoms with van der Waals surface area (Å²) >= 11 is 0. The first-order valence-electron chi connectivity index (χ1n) is 7.79. The highest BCUT2D eigenvalue weighted by molar-refractivity contribution is 5.76. The summed E-state index contributed by atoms with van der Waals surface area (Å²) in [6.45, 7) is 1.14. The Balaban J connectivity index is 1.85. The van der Waals surface area contributed by atoms with E-state index in [-0.39, 0.29) is 17.9 Å². The Hall–Kier alpha value is -3.07. The minimum atomic E-state index is -0.459. The first-order valence-corrected chi connectivity index (χ1v) is 7.79. The molecule has 1 aliphatic rings. The standard InChI is InChI=1S/C16H15FN6O2/c17-11-4-2-1-3-9(11)14-20-15-10-7-22(8-13(18)24)6-5-12(10)19-16(25)23(15)21-14/h1-4H,5-8H2,(H2,18,24)(H,19,25). The number of rotatable bonds is 3. The van der Waals surface area contributed by atoms with Crippen molar-refractivity contribution in [3.8, 4) is 11.4 Å². The van der Waals surface area contributed by atoms with Crippen molar-refractivity contribution in [2.75, 3.05) is 13.1 Å². The van der Waals surface area contributed by atoms with E-state index in [4.69, 9.17) is 5.73 Å². The van der Waals surface area contributed by atoms with Gasteiger partial charge >= 0.3 is 5.69 Å². The minimum absolute atomic E-state index is 0.124. The second kappa shape index (κ2) is 5.78. The van der Waals surface area contributed by atoms with E-state index in [1.54, 1.807) is 18.2 Å². The molecule has 9 heteroatoms. The molecule has 8 nitrogen and oxygen atoms in total. The van der Waals surface area contributed by atoms with Gasteiger partial charge < -0.3 is 10.7 Å². The lowest BCUT2D eigenvalue weighted by Gasteiger charge is -2.26. The fraction of sp³-hybridized carbons (Fsp3) is 0.250. The summed E-state index contributed by atoms with van der Waals surface area (Å²) < 4.78 is 15.1. The van der Waals surface area contributed by atoms with E-state index in [0.717, 1.165) is 15.8 Å². The van der Waals surface area contributed by atoms with Crippen molar-refractivity contribution < 1.29 is 9.18 Å². The summed E-state index contributed by atoms with van der Waals surface area (Å²) in [4.78, 5) is 32.5. The van der Waals surface area contributed by atoms with E-state index in [9.17, 15) is 14.0 Å². The van der Waals surface area contributed by atoms with Crippen molar-refractivity contribution in [2.24, 2.45) is 5.73 Å². The van der Waals surface area contributed by atoms with E-state index < -0.39 is 17.4 Å². The zero-order chi connectivity index (χ0) is 17.6. The number of primary amides is 1. The molecule has 0 aliphatic carbocycles. The summed E-state index contributed by atoms with van der Waals surface area (Å²) in [5, 5.41) is 4.15. The van der Waals surface area contributed by atoms with Crippen LogP contribution in [-0.4, -0.2) is 43.5 Å². The van der Waals surface area contributed by atoms with Crippen molar-refractivity contribution in [2.45, 2.75) is 13.0 Å². The molecule has 25 heavy (non-hydrogen) atoms. The molecule has 1 aromatic carbocycles. The monoisotopic (exact) mass is 342 g/mol. The van der Waals surface area contributed by atoms with Gasteiger partial charge in [0.1, 0.15) is 5.82 Å². The van der Waals surface area contributed by atoms with Crippen molar-refractivity contribution in [3.05, 3.63) is 51.8 Å². The number of nitrogens with one attached hydrogen (secondary N) is 1. The van der Waals surface area contributed by atoms with Gasteiger partial charge in [-0.1, -0.05) is 12.1 Å². The van der Waals surface area contributed by atoms with Gasteiger partial charge in [0.05, 0.1) is 12.1 Å². The Bertz CT molecular complexity index is 1040. The van der Waals surface area contributed by atoms with Gasteiger partial charge in [-0.05, 0) is 12.1 Å². The predicted molar refractivity (Wildman–Crippen MR) is 87.2 cm³/mol. The number of halogens is 1. The van der Waals surface area contributed by atoms with Gasteiger partial charge in [0, 0.05) is 30.8 Å². The Kier molecular flexibility index (Phi) is 3.57. The second-order valence-electron chi connectivity index (χ2n) is 5.96. The zero-order valence-electron chi connectivity index (χ0n) is 13.2. The van der Waals surface area contributed by atoms with E-state index in [1.807, 2.05) is 4.90 Å². The molecule has 0 saturated heterocycles. The minimum Gasteiger partial charge on any atom is -0.369 e. The fourth-order valence-electron chi connectivity index (χ4n) is 3.11. The molecule has 3 aromatic rings. The molecule has 0 radical (unpaired) electrons. The maximum absolute atomic E-state index is 14.0. The van der Waals surface area contributed by atoms with Crippen LogP contribution in [0.5, 0.6) is 0 Å². The van der Waals surface area contributed by atoms with Gasteiger partial charge in [0.15, 0.2) is 11.5 Å². The molecule has 0 fully saturated rings. The Morgan fingerprint density at radius 2 is 2.16 bits per heavy atom. The van der Waals surface area contributed by atoms with E-state index in [0.29, 0.717) is 25.2 Å². The van der Waals surface area contributed by atoms with Crippen LogP contribution in [0.2, 0.25) is 0 Å². The van der Waals surface area contributed by atoms with Crippen LogP contribution < -0.4 is 11.4 Å². The number of fused-ring (bicyclic) bond motifs is 3. The Morgan fingerprint density at radius 3 is 2.92 bits per heavy atom. The first kappa shape index (κ1) is 15.5. The Labute approximate surface area is 141 Å². The summed E-state index contributed by atoms with van der Waals surface area (Å²) in [5.74, 6) is -0.736. The highest BCUT2D eigenvalue weighted by Crippen LogP contribution is 2.23. The van der Waals surface area contributed by atoms with Crippen LogP contribution in [-0.2, 0) is 17.8 Å². The molecule has 1 aliphatic heterocycles. The van der Waals surface area contributed by atoms with Gasteiger partial charge in [-0.2, -0.15) is 4.52 Å². The van der Waals surface area contributed by atoms with Gasteiger partial charge in [0.2, 0.25) is 5.91 Å². The maximum atomic E-state index is 14.0. The summed E-state index contributed by atoms with van der Waals surface area (Å²) in [7, 11) is 0. The van der Waals surface area contributed by atoms with Gasteiger partial charge in [-0.25, -0.2) is 14.2 Å². The summed E-state index contributed by atoms with van der Waals surface area (Å²) in [6.07, 6.45) is 0.566. The number of nitrogens with zero attached hydrogens (tertiary/aromatic N) is 4. The SMILES string of the molecule is NC(=O)CN1CCc2[nH]c(=O)n3nc(-c4ccccc4F)nc3c2C1. The fourth-order valence-corrected chi connectivity index (χ4v) is 3.11. The van der Waals surface area contributed by atoms with Crippen LogP contribution in [0.25, 0.3) is 17.0 Å². The number of amides is 1. The molecule has 2 aromatic heterocycles. The van der Waals surface area contributed by atoms with Gasteiger partial charge in [0.25, 0.3) is 0 Å². The van der Waals surface area contributed by atoms with Gasteiger partial charge in [-0.3, -0.25) is 9.69 Å². The first-order chi connectivity index (χ1) is 12.0. The van der Waals surface area contributed by atoms with Gasteiger partial charge in [-0.15, -0.1) is 5.10 Å². The van der Waals surface area contributed by atoms with Crippen LogP contribution in [0.3, 0.4) is 0 Å². The lowest BCUT2D eigenvalue weighted by atomic mass is 10.1. The van der Waals surface area contributed by atoms with E-state index in [2.05, 4.69) is 15.1 Å². The smallest absolute Gasteiger partial charge is 0.348 e. The number of H-pyrrole nitrogens is 1. The second-order valence-corrected chi connectivity index (χ2v) is 5.96. The number of hydrogen-bond acceptors (Lipinski definition) is 5. The number of benzene rings is 1. The Morgan fingerprint density at radius 1 is 1.36 bits per heavy atom. The maximum Gasteiger partial charge on any atom is 0.348 e. The molecule has 4 rings (SSSR count). The van der Waals surface area contributed by atoms with Crippen LogP contribution in [0.1, 0.15) is 11.3 Å². The van der Waals surface area contributed by atoms with Crippen LogP contribution in [0, 0.1) is 5.82 Å². The van der Waals surface area contributed by atoms with Crippen LogP contribution >= 0.6 is 0 Å². The number of aromatic amines is 1. The number of aromatic nitrogens is 4.